The van der Waals surface area contributed by atoms with Crippen LogP contribution in [0.25, 0.3) is 0 Å². The van der Waals surface area contributed by atoms with E-state index in [-0.39, 0.29) is 17.0 Å². The first kappa shape index (κ1) is 9.89. The highest BCUT2D eigenvalue weighted by Crippen LogP contribution is 2.17. The van der Waals surface area contributed by atoms with Gasteiger partial charge in [0.25, 0.3) is 0 Å². The van der Waals surface area contributed by atoms with Crippen molar-refractivity contribution in [2.24, 2.45) is 0 Å². The van der Waals surface area contributed by atoms with Crippen LogP contribution in [0, 0.1) is 0 Å². The van der Waals surface area contributed by atoms with Crippen molar-refractivity contribution in [3.8, 4) is 0 Å². The fourth-order valence-electron chi connectivity index (χ4n) is 1.23. The van der Waals surface area contributed by atoms with Crippen LogP contribution in [0.5, 0.6) is 0 Å². The molecule has 2 heterocycles. The maximum Gasteiger partial charge on any atom is 0.137 e. The van der Waals surface area contributed by atoms with Gasteiger partial charge in [0.15, 0.2) is 0 Å². The summed E-state index contributed by atoms with van der Waals surface area (Å²) >= 11 is 5.85. The van der Waals surface area contributed by atoms with Crippen molar-refractivity contribution in [1.29, 1.82) is 0 Å². The first-order chi connectivity index (χ1) is 5.38. The van der Waals surface area contributed by atoms with Crippen molar-refractivity contribution >= 4 is 28.6 Å². The summed E-state index contributed by atoms with van der Waals surface area (Å²) in [6.45, 7) is 1.79. The molecule has 0 spiro atoms. The largest absolute Gasteiger partial charge is 0.312 e. The Labute approximate surface area is 86.3 Å². The Bertz CT molecular complexity index is 279. The van der Waals surface area contributed by atoms with E-state index in [9.17, 15) is 0 Å². The summed E-state index contributed by atoms with van der Waals surface area (Å²) < 4.78 is 0. The molecule has 0 atom stereocenters. The van der Waals surface area contributed by atoms with Gasteiger partial charge in [-0.05, 0) is 0 Å². The number of rotatable bonds is 0. The van der Waals surface area contributed by atoms with Gasteiger partial charge in [0.1, 0.15) is 11.5 Å². The summed E-state index contributed by atoms with van der Waals surface area (Å²) in [6.07, 6.45) is 2.48. The first-order valence-corrected chi connectivity index (χ1v) is 3.94. The Balaban J connectivity index is 0.000000720. The van der Waals surface area contributed by atoms with Crippen molar-refractivity contribution in [1.82, 2.24) is 15.3 Å². The summed E-state index contributed by atoms with van der Waals surface area (Å²) in [6, 6.07) is 0. The van der Waals surface area contributed by atoms with E-state index >= 15 is 0 Å². The van der Waals surface area contributed by atoms with Crippen molar-refractivity contribution in [3.05, 3.63) is 22.7 Å². The van der Waals surface area contributed by atoms with Crippen LogP contribution in [0.2, 0.25) is 5.15 Å². The van der Waals surface area contributed by atoms with Gasteiger partial charge in [-0.15, -0.1) is 17.0 Å². The van der Waals surface area contributed by atoms with Crippen LogP contribution in [-0.4, -0.2) is 16.5 Å². The molecule has 0 fully saturated rings. The molecule has 0 saturated heterocycles. The molecule has 0 aliphatic carbocycles. The van der Waals surface area contributed by atoms with Crippen LogP contribution in [0.3, 0.4) is 0 Å². The average Bonchev–Trinajstić information content (AvgIpc) is 2.06. The molecule has 0 saturated carbocycles. The van der Waals surface area contributed by atoms with E-state index in [1.54, 1.807) is 0 Å². The molecule has 0 aromatic carbocycles. The SMILES string of the molecule is Br.Clc1ncnc2c1CNCC2. The van der Waals surface area contributed by atoms with Gasteiger partial charge in [-0.2, -0.15) is 0 Å². The fraction of sp³-hybridized carbons (Fsp3) is 0.429. The topological polar surface area (TPSA) is 37.8 Å². The second kappa shape index (κ2) is 4.16. The molecule has 1 aromatic heterocycles. The molecule has 66 valence electrons. The second-order valence-corrected chi connectivity index (χ2v) is 2.87. The average molecular weight is 251 g/mol. The molecule has 0 unspecified atom stereocenters. The summed E-state index contributed by atoms with van der Waals surface area (Å²) in [5, 5.41) is 3.80. The van der Waals surface area contributed by atoms with Crippen LogP contribution in [0.15, 0.2) is 6.33 Å². The number of nitrogens with one attached hydrogen (secondary N) is 1. The maximum absolute atomic E-state index is 5.85. The van der Waals surface area contributed by atoms with E-state index < -0.39 is 0 Å². The maximum atomic E-state index is 5.85. The second-order valence-electron chi connectivity index (χ2n) is 2.52. The van der Waals surface area contributed by atoms with E-state index in [0.717, 1.165) is 30.8 Å². The quantitative estimate of drug-likeness (QED) is 0.707. The zero-order valence-corrected chi connectivity index (χ0v) is 8.85. The fourth-order valence-corrected chi connectivity index (χ4v) is 1.45. The highest BCUT2D eigenvalue weighted by Gasteiger charge is 2.12. The molecular formula is C7H9BrClN3. The van der Waals surface area contributed by atoms with Crippen molar-refractivity contribution in [2.45, 2.75) is 13.0 Å². The number of fused-ring (bicyclic) bond motifs is 1. The van der Waals surface area contributed by atoms with E-state index in [1.807, 2.05) is 0 Å². The van der Waals surface area contributed by atoms with Crippen molar-refractivity contribution < 1.29 is 0 Å². The molecule has 2 rings (SSSR count). The number of hydrogen-bond acceptors (Lipinski definition) is 3. The molecule has 0 bridgehead atoms. The monoisotopic (exact) mass is 249 g/mol. The number of aromatic nitrogens is 2. The summed E-state index contributed by atoms with van der Waals surface area (Å²) in [5.74, 6) is 0. The summed E-state index contributed by atoms with van der Waals surface area (Å²) in [5.41, 5.74) is 2.14. The van der Waals surface area contributed by atoms with E-state index in [4.69, 9.17) is 11.6 Å². The minimum Gasteiger partial charge on any atom is -0.312 e. The third kappa shape index (κ3) is 1.76. The smallest absolute Gasteiger partial charge is 0.137 e. The summed E-state index contributed by atoms with van der Waals surface area (Å²) in [4.78, 5) is 8.05. The van der Waals surface area contributed by atoms with Gasteiger partial charge in [-0.1, -0.05) is 11.6 Å². The lowest BCUT2D eigenvalue weighted by Crippen LogP contribution is -2.25. The Kier molecular flexibility index (Phi) is 3.43. The number of nitrogens with zero attached hydrogens (tertiary/aromatic N) is 2. The van der Waals surface area contributed by atoms with E-state index in [1.165, 1.54) is 6.33 Å². The van der Waals surface area contributed by atoms with E-state index in [0.29, 0.717) is 5.15 Å². The molecule has 1 N–H and O–H groups in total. The Morgan fingerprint density at radius 2 is 2.25 bits per heavy atom. The van der Waals surface area contributed by atoms with E-state index in [2.05, 4.69) is 15.3 Å². The van der Waals surface area contributed by atoms with Gasteiger partial charge >= 0.3 is 0 Å². The van der Waals surface area contributed by atoms with Gasteiger partial charge in [-0.3, -0.25) is 0 Å². The minimum atomic E-state index is 0. The number of hydrogen-bond donors (Lipinski definition) is 1. The molecule has 3 nitrogen and oxygen atoms in total. The molecule has 5 heteroatoms. The minimum absolute atomic E-state index is 0. The molecular weight excluding hydrogens is 241 g/mol. The zero-order chi connectivity index (χ0) is 7.68. The molecule has 12 heavy (non-hydrogen) atoms. The van der Waals surface area contributed by atoms with Crippen LogP contribution < -0.4 is 5.32 Å². The van der Waals surface area contributed by atoms with Gasteiger partial charge in [0.2, 0.25) is 0 Å². The lowest BCUT2D eigenvalue weighted by atomic mass is 10.1. The zero-order valence-electron chi connectivity index (χ0n) is 6.38. The van der Waals surface area contributed by atoms with Crippen molar-refractivity contribution in [2.75, 3.05) is 6.54 Å². The first-order valence-electron chi connectivity index (χ1n) is 3.57. The van der Waals surface area contributed by atoms with Gasteiger partial charge in [0.05, 0.1) is 5.69 Å². The van der Waals surface area contributed by atoms with Gasteiger partial charge in [-0.25, -0.2) is 9.97 Å². The standard InChI is InChI=1S/C7H8ClN3.BrH/c8-7-5-3-9-2-1-6(5)10-4-11-7;/h4,9H,1-3H2;1H. The third-order valence-corrected chi connectivity index (χ3v) is 2.15. The molecule has 1 aliphatic rings. The predicted molar refractivity (Wildman–Crippen MR) is 52.8 cm³/mol. The number of halogens is 2. The van der Waals surface area contributed by atoms with Crippen LogP contribution >= 0.6 is 28.6 Å². The Morgan fingerprint density at radius 3 is 3.00 bits per heavy atom. The molecule has 1 aromatic rings. The third-order valence-electron chi connectivity index (χ3n) is 1.82. The Hall–Kier alpha value is -0.190. The molecule has 0 radical (unpaired) electrons. The Morgan fingerprint density at radius 1 is 1.42 bits per heavy atom. The lowest BCUT2D eigenvalue weighted by Gasteiger charge is -2.15. The normalized spacial score (nSPS) is 14.8. The van der Waals surface area contributed by atoms with Crippen molar-refractivity contribution in [3.63, 3.8) is 0 Å². The van der Waals surface area contributed by atoms with Gasteiger partial charge < -0.3 is 5.32 Å². The molecule has 1 aliphatic heterocycles. The molecule has 0 amide bonds. The highest BCUT2D eigenvalue weighted by atomic mass is 79.9. The van der Waals surface area contributed by atoms with Crippen LogP contribution in [-0.2, 0) is 13.0 Å². The lowest BCUT2D eigenvalue weighted by molar-refractivity contribution is 0.626. The highest BCUT2D eigenvalue weighted by molar-refractivity contribution is 8.93. The summed E-state index contributed by atoms with van der Waals surface area (Å²) in [7, 11) is 0. The van der Waals surface area contributed by atoms with Crippen LogP contribution in [0.1, 0.15) is 11.3 Å². The van der Waals surface area contributed by atoms with Crippen LogP contribution in [0.4, 0.5) is 0 Å². The predicted octanol–water partition coefficient (Wildman–Crippen LogP) is 1.35. The van der Waals surface area contributed by atoms with Gasteiger partial charge in [0, 0.05) is 25.1 Å².